The maximum atomic E-state index is 12.2. The van der Waals surface area contributed by atoms with Crippen LogP contribution in [0.3, 0.4) is 0 Å². The fraction of sp³-hybridized carbons (Fsp3) is 0.267. The Bertz CT molecular complexity index is 720. The van der Waals surface area contributed by atoms with Crippen molar-refractivity contribution in [3.63, 3.8) is 0 Å². The number of urea groups is 1. The van der Waals surface area contributed by atoms with Gasteiger partial charge < -0.3 is 15.3 Å². The molecule has 1 aromatic carbocycles. The molecule has 1 heterocycles. The first-order valence-electron chi connectivity index (χ1n) is 6.68. The molecule has 2 aromatic rings. The number of carboxylic acids is 1. The summed E-state index contributed by atoms with van der Waals surface area (Å²) in [4.78, 5) is 28.7. The van der Waals surface area contributed by atoms with Crippen LogP contribution in [0.1, 0.15) is 6.92 Å². The first-order chi connectivity index (χ1) is 10.4. The molecule has 0 aliphatic rings. The highest BCUT2D eigenvalue weighted by Gasteiger charge is 2.18. The fourth-order valence-electron chi connectivity index (χ4n) is 2.03. The lowest BCUT2D eigenvalue weighted by molar-refractivity contribution is -0.141. The zero-order valence-electron chi connectivity index (χ0n) is 12.2. The van der Waals surface area contributed by atoms with E-state index in [4.69, 9.17) is 5.11 Å². The molecule has 2 N–H and O–H groups in total. The largest absolute Gasteiger partial charge is 0.481 e. The first-order valence-corrected chi connectivity index (χ1v) is 7.47. The molecule has 0 saturated heterocycles. The van der Waals surface area contributed by atoms with Crippen LogP contribution in [0.4, 0.5) is 10.5 Å². The molecule has 2 rings (SSSR count). The van der Waals surface area contributed by atoms with Crippen molar-refractivity contribution >= 4 is 44.5 Å². The number of anilines is 1. The predicted molar refractivity (Wildman–Crippen MR) is 87.9 cm³/mol. The molecule has 0 saturated carbocycles. The zero-order valence-corrected chi connectivity index (χ0v) is 13.8. The van der Waals surface area contributed by atoms with Gasteiger partial charge in [0.1, 0.15) is 0 Å². The number of carboxylic acid groups (broad SMARTS) is 1. The second-order valence-corrected chi connectivity index (χ2v) is 5.90. The van der Waals surface area contributed by atoms with E-state index in [0.717, 1.165) is 9.86 Å². The standard InChI is InChI=1S/C15H16BrN3O3/c1-9(14(20)21)8-19(2)15(22)18-12-5-3-4-10-11(16)6-7-17-13(10)12/h3-7,9H,8H2,1-2H3,(H,18,22)(H,20,21). The van der Waals surface area contributed by atoms with Crippen molar-refractivity contribution in [3.05, 3.63) is 34.9 Å². The molecule has 1 aromatic heterocycles. The summed E-state index contributed by atoms with van der Waals surface area (Å²) in [5, 5.41) is 12.6. The maximum Gasteiger partial charge on any atom is 0.321 e. The molecule has 0 aliphatic heterocycles. The molecule has 0 aliphatic carbocycles. The SMILES string of the molecule is CC(CN(C)C(=O)Nc1cccc2c(Br)ccnc12)C(=O)O. The highest BCUT2D eigenvalue weighted by atomic mass is 79.9. The number of pyridine rings is 1. The summed E-state index contributed by atoms with van der Waals surface area (Å²) in [6, 6.07) is 6.94. The number of fused-ring (bicyclic) bond motifs is 1. The lowest BCUT2D eigenvalue weighted by atomic mass is 10.2. The van der Waals surface area contributed by atoms with Crippen LogP contribution in [0, 0.1) is 5.92 Å². The molecule has 1 atom stereocenters. The van der Waals surface area contributed by atoms with Gasteiger partial charge in [-0.2, -0.15) is 0 Å². The number of carbonyl (C=O) groups excluding carboxylic acids is 1. The minimum atomic E-state index is -0.935. The number of para-hydroxylation sites is 1. The van der Waals surface area contributed by atoms with Crippen LogP contribution in [-0.4, -0.2) is 40.6 Å². The smallest absolute Gasteiger partial charge is 0.321 e. The van der Waals surface area contributed by atoms with Crippen LogP contribution in [0.2, 0.25) is 0 Å². The second kappa shape index (κ2) is 6.74. The summed E-state index contributed by atoms with van der Waals surface area (Å²) in [5.74, 6) is -1.56. The molecule has 0 fully saturated rings. The van der Waals surface area contributed by atoms with Gasteiger partial charge in [-0.15, -0.1) is 0 Å². The molecule has 0 bridgehead atoms. The van der Waals surface area contributed by atoms with Crippen molar-refractivity contribution < 1.29 is 14.7 Å². The highest BCUT2D eigenvalue weighted by Crippen LogP contribution is 2.27. The third-order valence-corrected chi connectivity index (χ3v) is 3.97. The molecule has 7 heteroatoms. The lowest BCUT2D eigenvalue weighted by Crippen LogP contribution is -2.36. The van der Waals surface area contributed by atoms with Gasteiger partial charge in [0.15, 0.2) is 0 Å². The molecular weight excluding hydrogens is 350 g/mol. The monoisotopic (exact) mass is 365 g/mol. The van der Waals surface area contributed by atoms with E-state index < -0.39 is 11.9 Å². The zero-order chi connectivity index (χ0) is 16.3. The first kappa shape index (κ1) is 16.2. The van der Waals surface area contributed by atoms with Crippen LogP contribution >= 0.6 is 15.9 Å². The Morgan fingerprint density at radius 1 is 1.41 bits per heavy atom. The number of nitrogens with one attached hydrogen (secondary N) is 1. The van der Waals surface area contributed by atoms with E-state index in [1.807, 2.05) is 18.2 Å². The molecular formula is C15H16BrN3O3. The van der Waals surface area contributed by atoms with Crippen LogP contribution in [0.15, 0.2) is 34.9 Å². The third-order valence-electron chi connectivity index (χ3n) is 3.28. The maximum absolute atomic E-state index is 12.2. The van der Waals surface area contributed by atoms with Gasteiger partial charge in [0.2, 0.25) is 0 Å². The minimum Gasteiger partial charge on any atom is -0.481 e. The summed E-state index contributed by atoms with van der Waals surface area (Å²) < 4.78 is 0.890. The third kappa shape index (κ3) is 3.54. The summed E-state index contributed by atoms with van der Waals surface area (Å²) in [6.45, 7) is 1.69. The van der Waals surface area contributed by atoms with Crippen molar-refractivity contribution in [2.45, 2.75) is 6.92 Å². The van der Waals surface area contributed by atoms with Gasteiger partial charge in [0.25, 0.3) is 0 Å². The molecule has 22 heavy (non-hydrogen) atoms. The van der Waals surface area contributed by atoms with Gasteiger partial charge in [0, 0.05) is 29.6 Å². The van der Waals surface area contributed by atoms with Crippen molar-refractivity contribution in [3.8, 4) is 0 Å². The number of hydrogen-bond donors (Lipinski definition) is 2. The normalized spacial score (nSPS) is 12.0. The minimum absolute atomic E-state index is 0.128. The van der Waals surface area contributed by atoms with Crippen molar-refractivity contribution in [2.24, 2.45) is 5.92 Å². The molecule has 1 unspecified atom stereocenters. The van der Waals surface area contributed by atoms with E-state index in [1.54, 1.807) is 26.2 Å². The van der Waals surface area contributed by atoms with Gasteiger partial charge in [0.05, 0.1) is 17.1 Å². The van der Waals surface area contributed by atoms with E-state index >= 15 is 0 Å². The topological polar surface area (TPSA) is 82.5 Å². The van der Waals surface area contributed by atoms with Crippen LogP contribution in [0.25, 0.3) is 10.9 Å². The Kier molecular flexibility index (Phi) is 4.97. The molecule has 0 radical (unpaired) electrons. The number of nitrogens with zero attached hydrogens (tertiary/aromatic N) is 2. The van der Waals surface area contributed by atoms with Crippen molar-refractivity contribution in [1.29, 1.82) is 0 Å². The van der Waals surface area contributed by atoms with Gasteiger partial charge in [-0.3, -0.25) is 9.78 Å². The Labute approximate surface area is 136 Å². The van der Waals surface area contributed by atoms with Crippen LogP contribution in [0.5, 0.6) is 0 Å². The summed E-state index contributed by atoms with van der Waals surface area (Å²) >= 11 is 3.45. The Hall–Kier alpha value is -2.15. The van der Waals surface area contributed by atoms with E-state index in [1.165, 1.54) is 4.90 Å². The number of rotatable bonds is 4. The van der Waals surface area contributed by atoms with E-state index in [2.05, 4.69) is 26.2 Å². The number of benzene rings is 1. The average molecular weight is 366 g/mol. The summed E-state index contributed by atoms with van der Waals surface area (Å²) in [7, 11) is 1.56. The van der Waals surface area contributed by atoms with Gasteiger partial charge in [-0.05, 0) is 12.1 Å². The van der Waals surface area contributed by atoms with Gasteiger partial charge >= 0.3 is 12.0 Å². The van der Waals surface area contributed by atoms with Crippen LogP contribution in [-0.2, 0) is 4.79 Å². The fourth-order valence-corrected chi connectivity index (χ4v) is 2.46. The number of amides is 2. The highest BCUT2D eigenvalue weighted by molar-refractivity contribution is 9.10. The van der Waals surface area contributed by atoms with Crippen LogP contribution < -0.4 is 5.32 Å². The van der Waals surface area contributed by atoms with E-state index in [0.29, 0.717) is 11.2 Å². The number of carbonyl (C=O) groups is 2. The van der Waals surface area contributed by atoms with Gasteiger partial charge in [-0.1, -0.05) is 35.0 Å². The Balaban J connectivity index is 2.19. The Morgan fingerprint density at radius 2 is 2.14 bits per heavy atom. The van der Waals surface area contributed by atoms with Crippen molar-refractivity contribution in [1.82, 2.24) is 9.88 Å². The quantitative estimate of drug-likeness (QED) is 0.871. The number of halogens is 1. The number of hydrogen-bond acceptors (Lipinski definition) is 3. The number of aromatic nitrogens is 1. The van der Waals surface area contributed by atoms with E-state index in [-0.39, 0.29) is 12.6 Å². The molecule has 6 nitrogen and oxygen atoms in total. The molecule has 116 valence electrons. The van der Waals surface area contributed by atoms with Crippen molar-refractivity contribution in [2.75, 3.05) is 18.9 Å². The Morgan fingerprint density at radius 3 is 2.82 bits per heavy atom. The predicted octanol–water partition coefficient (Wildman–Crippen LogP) is 3.18. The molecule has 2 amide bonds. The van der Waals surface area contributed by atoms with Gasteiger partial charge in [-0.25, -0.2) is 4.79 Å². The average Bonchev–Trinajstić information content (AvgIpc) is 2.48. The second-order valence-electron chi connectivity index (χ2n) is 5.04. The number of aliphatic carboxylic acids is 1. The summed E-state index contributed by atoms with van der Waals surface area (Å²) in [5.41, 5.74) is 1.25. The lowest BCUT2D eigenvalue weighted by Gasteiger charge is -2.20. The van der Waals surface area contributed by atoms with E-state index in [9.17, 15) is 9.59 Å². The summed E-state index contributed by atoms with van der Waals surface area (Å²) in [6.07, 6.45) is 1.65. The molecule has 0 spiro atoms.